The monoisotopic (exact) mass is 179 g/mol. The Balaban J connectivity index is 2.25. The molecule has 2 heteroatoms. The number of hydrogen-bond donors (Lipinski definition) is 1. The Hall–Kier alpha value is -0.970. The summed E-state index contributed by atoms with van der Waals surface area (Å²) in [6.07, 6.45) is 7.83. The van der Waals surface area contributed by atoms with Crippen molar-refractivity contribution in [3.05, 3.63) is 0 Å². The molecule has 0 unspecified atom stereocenters. The Bertz CT molecular complexity index is 233. The van der Waals surface area contributed by atoms with E-state index in [0.29, 0.717) is 0 Å². The Kier molecular flexibility index (Phi) is 2.98. The molecule has 1 rings (SSSR count). The molecule has 0 aromatic carbocycles. The van der Waals surface area contributed by atoms with E-state index in [1.54, 1.807) is 0 Å². The molecule has 0 spiro atoms. The zero-order chi connectivity index (χ0) is 9.90. The van der Waals surface area contributed by atoms with Crippen molar-refractivity contribution in [2.75, 3.05) is 6.54 Å². The van der Waals surface area contributed by atoms with E-state index in [9.17, 15) is 4.79 Å². The third-order valence-electron chi connectivity index (χ3n) is 2.69. The zero-order valence-electron chi connectivity index (χ0n) is 8.39. The molecule has 0 atom stereocenters. The van der Waals surface area contributed by atoms with Gasteiger partial charge in [0.25, 0.3) is 0 Å². The van der Waals surface area contributed by atoms with Crippen LogP contribution in [-0.4, -0.2) is 12.5 Å². The number of hydrogen-bond acceptors (Lipinski definition) is 1. The first-order chi connectivity index (χ1) is 6.06. The third kappa shape index (κ3) is 3.10. The van der Waals surface area contributed by atoms with Crippen LogP contribution in [0.1, 0.15) is 33.1 Å². The molecule has 1 fully saturated rings. The smallest absolute Gasteiger partial charge is 0.232 e. The van der Waals surface area contributed by atoms with Gasteiger partial charge in [0.05, 0.1) is 6.42 Å². The third-order valence-corrected chi connectivity index (χ3v) is 2.69. The standard InChI is InChI=1S/C11H17NO/c1-4-5-10(13)12-8-11(2,3)9-6-7-9/h1,9H,5-8H2,2-3H3,(H,12,13). The van der Waals surface area contributed by atoms with Gasteiger partial charge in [-0.2, -0.15) is 0 Å². The maximum atomic E-state index is 11.1. The summed E-state index contributed by atoms with van der Waals surface area (Å²) < 4.78 is 0. The number of rotatable bonds is 4. The van der Waals surface area contributed by atoms with Gasteiger partial charge in [-0.15, -0.1) is 6.42 Å². The highest BCUT2D eigenvalue weighted by Crippen LogP contribution is 2.44. The number of carbonyl (C=O) groups is 1. The molecule has 0 aromatic rings. The highest BCUT2D eigenvalue weighted by molar-refractivity contribution is 5.78. The van der Waals surface area contributed by atoms with E-state index in [2.05, 4.69) is 25.1 Å². The van der Waals surface area contributed by atoms with Gasteiger partial charge in [0.1, 0.15) is 0 Å². The van der Waals surface area contributed by atoms with E-state index in [0.717, 1.165) is 12.5 Å². The van der Waals surface area contributed by atoms with Crippen molar-refractivity contribution >= 4 is 5.91 Å². The summed E-state index contributed by atoms with van der Waals surface area (Å²) in [6.45, 7) is 5.14. The van der Waals surface area contributed by atoms with Crippen LogP contribution < -0.4 is 5.32 Å². The summed E-state index contributed by atoms with van der Waals surface area (Å²) in [4.78, 5) is 11.1. The van der Waals surface area contributed by atoms with Crippen LogP contribution in [0.2, 0.25) is 0 Å². The lowest BCUT2D eigenvalue weighted by molar-refractivity contribution is -0.120. The fraction of sp³-hybridized carbons (Fsp3) is 0.727. The normalized spacial score (nSPS) is 16.4. The minimum atomic E-state index is -0.0313. The molecule has 0 heterocycles. The second-order valence-electron chi connectivity index (χ2n) is 4.42. The van der Waals surface area contributed by atoms with Gasteiger partial charge in [-0.05, 0) is 24.2 Å². The molecule has 0 saturated heterocycles. The molecular weight excluding hydrogens is 162 g/mol. The first kappa shape index (κ1) is 10.1. The molecule has 0 radical (unpaired) electrons. The quantitative estimate of drug-likeness (QED) is 0.652. The van der Waals surface area contributed by atoms with Gasteiger partial charge in [0.2, 0.25) is 5.91 Å². The SMILES string of the molecule is C#CCC(=O)NCC(C)(C)C1CC1. The number of terminal acetylenes is 1. The zero-order valence-corrected chi connectivity index (χ0v) is 8.39. The van der Waals surface area contributed by atoms with Gasteiger partial charge < -0.3 is 5.32 Å². The van der Waals surface area contributed by atoms with E-state index >= 15 is 0 Å². The van der Waals surface area contributed by atoms with E-state index in [4.69, 9.17) is 6.42 Å². The van der Waals surface area contributed by atoms with Gasteiger partial charge in [-0.1, -0.05) is 19.8 Å². The molecule has 0 bridgehead atoms. The van der Waals surface area contributed by atoms with Gasteiger partial charge >= 0.3 is 0 Å². The average Bonchev–Trinajstić information content (AvgIpc) is 2.84. The molecule has 2 nitrogen and oxygen atoms in total. The fourth-order valence-corrected chi connectivity index (χ4v) is 1.49. The van der Waals surface area contributed by atoms with Crippen LogP contribution in [0.15, 0.2) is 0 Å². The van der Waals surface area contributed by atoms with Gasteiger partial charge in [0.15, 0.2) is 0 Å². The summed E-state index contributed by atoms with van der Waals surface area (Å²) in [6, 6.07) is 0. The molecule has 1 N–H and O–H groups in total. The second kappa shape index (κ2) is 3.83. The van der Waals surface area contributed by atoms with Gasteiger partial charge in [0, 0.05) is 6.54 Å². The first-order valence-corrected chi connectivity index (χ1v) is 4.76. The summed E-state index contributed by atoms with van der Waals surface area (Å²) in [5, 5.41) is 2.86. The van der Waals surface area contributed by atoms with Crippen molar-refractivity contribution in [1.29, 1.82) is 0 Å². The van der Waals surface area contributed by atoms with Crippen LogP contribution in [0.5, 0.6) is 0 Å². The number of nitrogens with one attached hydrogen (secondary N) is 1. The van der Waals surface area contributed by atoms with E-state index in [-0.39, 0.29) is 17.7 Å². The maximum absolute atomic E-state index is 11.1. The van der Waals surface area contributed by atoms with E-state index < -0.39 is 0 Å². The molecule has 0 aliphatic heterocycles. The van der Waals surface area contributed by atoms with Crippen molar-refractivity contribution in [2.24, 2.45) is 11.3 Å². The van der Waals surface area contributed by atoms with Crippen molar-refractivity contribution < 1.29 is 4.79 Å². The number of carbonyl (C=O) groups excluding carboxylic acids is 1. The number of amides is 1. The van der Waals surface area contributed by atoms with Gasteiger partial charge in [-0.3, -0.25) is 4.79 Å². The fourth-order valence-electron chi connectivity index (χ4n) is 1.49. The lowest BCUT2D eigenvalue weighted by atomic mass is 9.87. The first-order valence-electron chi connectivity index (χ1n) is 4.76. The highest BCUT2D eigenvalue weighted by Gasteiger charge is 2.37. The van der Waals surface area contributed by atoms with Crippen LogP contribution in [0.4, 0.5) is 0 Å². The molecule has 13 heavy (non-hydrogen) atoms. The summed E-state index contributed by atoms with van der Waals surface area (Å²) in [7, 11) is 0. The van der Waals surface area contributed by atoms with Crippen LogP contribution in [0.25, 0.3) is 0 Å². The molecule has 0 aromatic heterocycles. The molecule has 72 valence electrons. The van der Waals surface area contributed by atoms with Crippen molar-refractivity contribution in [1.82, 2.24) is 5.32 Å². The summed E-state index contributed by atoms with van der Waals surface area (Å²) >= 11 is 0. The largest absolute Gasteiger partial charge is 0.355 e. The molecule has 1 amide bonds. The molecular formula is C11H17NO. The Morgan fingerprint density at radius 2 is 2.23 bits per heavy atom. The molecule has 1 aliphatic carbocycles. The Morgan fingerprint density at radius 1 is 1.62 bits per heavy atom. The molecule has 1 saturated carbocycles. The maximum Gasteiger partial charge on any atom is 0.232 e. The lowest BCUT2D eigenvalue weighted by Gasteiger charge is -2.24. The molecule has 1 aliphatic rings. The van der Waals surface area contributed by atoms with E-state index in [1.807, 2.05) is 0 Å². The van der Waals surface area contributed by atoms with E-state index in [1.165, 1.54) is 12.8 Å². The lowest BCUT2D eigenvalue weighted by Crippen LogP contribution is -2.34. The van der Waals surface area contributed by atoms with Crippen LogP contribution in [0.3, 0.4) is 0 Å². The Labute approximate surface area is 80.1 Å². The van der Waals surface area contributed by atoms with Crippen LogP contribution in [-0.2, 0) is 4.79 Å². The van der Waals surface area contributed by atoms with Crippen molar-refractivity contribution in [3.8, 4) is 12.3 Å². The summed E-state index contributed by atoms with van der Waals surface area (Å²) in [5.74, 6) is 3.10. The van der Waals surface area contributed by atoms with Crippen LogP contribution >= 0.6 is 0 Å². The minimum Gasteiger partial charge on any atom is -0.355 e. The second-order valence-corrected chi connectivity index (χ2v) is 4.42. The summed E-state index contributed by atoms with van der Waals surface area (Å²) in [5.41, 5.74) is 0.240. The predicted octanol–water partition coefficient (Wildman–Crippen LogP) is 1.56. The predicted molar refractivity (Wildman–Crippen MR) is 53.0 cm³/mol. The average molecular weight is 179 g/mol. The van der Waals surface area contributed by atoms with Crippen LogP contribution in [0, 0.1) is 23.7 Å². The highest BCUT2D eigenvalue weighted by atomic mass is 16.1. The van der Waals surface area contributed by atoms with Crippen molar-refractivity contribution in [3.63, 3.8) is 0 Å². The van der Waals surface area contributed by atoms with Gasteiger partial charge in [-0.25, -0.2) is 0 Å². The Morgan fingerprint density at radius 3 is 2.69 bits per heavy atom. The topological polar surface area (TPSA) is 29.1 Å². The van der Waals surface area contributed by atoms with Crippen molar-refractivity contribution in [2.45, 2.75) is 33.1 Å². The minimum absolute atomic E-state index is 0.0313.